The Morgan fingerprint density at radius 3 is 2.90 bits per heavy atom. The first-order valence-corrected chi connectivity index (χ1v) is 9.51. The maximum atomic E-state index is 6.16. The maximum absolute atomic E-state index is 6.16. The molecule has 1 aliphatic heterocycles. The third-order valence-electron chi connectivity index (χ3n) is 4.41. The summed E-state index contributed by atoms with van der Waals surface area (Å²) in [5.74, 6) is 1.20. The number of fused-ring (bicyclic) bond motifs is 1. The molecule has 21 heavy (non-hydrogen) atoms. The fraction of sp³-hybridized carbons (Fsp3) is 0.529. The van der Waals surface area contributed by atoms with E-state index < -0.39 is 0 Å². The molecule has 2 N–H and O–H groups in total. The summed E-state index contributed by atoms with van der Waals surface area (Å²) in [6.07, 6.45) is 1.23. The maximum Gasteiger partial charge on any atom is 0.0485 e. The zero-order valence-electron chi connectivity index (χ0n) is 12.8. The Kier molecular flexibility index (Phi) is 4.60. The molecule has 0 amide bonds. The third-order valence-corrected chi connectivity index (χ3v) is 6.76. The van der Waals surface area contributed by atoms with Crippen LogP contribution in [0, 0.1) is 0 Å². The molecule has 114 valence electrons. The molecule has 0 aliphatic carbocycles. The zero-order valence-corrected chi connectivity index (χ0v) is 14.5. The summed E-state index contributed by atoms with van der Waals surface area (Å²) < 4.78 is 1.76. The second kappa shape index (κ2) is 6.29. The Hall–Kier alpha value is -0.550. The molecular formula is C17H24N2S2. The van der Waals surface area contributed by atoms with E-state index in [2.05, 4.69) is 60.2 Å². The molecule has 1 aromatic carbocycles. The molecule has 1 fully saturated rings. The highest BCUT2D eigenvalue weighted by Gasteiger charge is 2.28. The minimum Gasteiger partial charge on any atom is -0.329 e. The monoisotopic (exact) mass is 320 g/mol. The summed E-state index contributed by atoms with van der Waals surface area (Å²) in [6, 6.07) is 9.05. The highest BCUT2D eigenvalue weighted by Crippen LogP contribution is 2.36. The zero-order chi connectivity index (χ0) is 14.9. The van der Waals surface area contributed by atoms with Crippen LogP contribution in [0.15, 0.2) is 29.6 Å². The molecule has 4 heteroatoms. The van der Waals surface area contributed by atoms with Crippen molar-refractivity contribution in [1.29, 1.82) is 0 Å². The number of nitrogens with zero attached hydrogens (tertiary/aromatic N) is 1. The first-order chi connectivity index (χ1) is 10.1. The summed E-state index contributed by atoms with van der Waals surface area (Å²) in [6.45, 7) is 7.70. The van der Waals surface area contributed by atoms with Crippen molar-refractivity contribution in [3.05, 3.63) is 35.2 Å². The number of thiophene rings is 1. The van der Waals surface area contributed by atoms with Crippen molar-refractivity contribution < 1.29 is 0 Å². The molecule has 1 atom stereocenters. The number of hydrogen-bond donors (Lipinski definition) is 1. The summed E-state index contributed by atoms with van der Waals surface area (Å²) in [4.78, 5) is 2.59. The Bertz CT molecular complexity index is 606. The van der Waals surface area contributed by atoms with Crippen LogP contribution in [0.1, 0.15) is 31.9 Å². The second-order valence-corrected chi connectivity index (χ2v) is 9.05. The van der Waals surface area contributed by atoms with Crippen molar-refractivity contribution in [3.63, 3.8) is 0 Å². The van der Waals surface area contributed by atoms with E-state index in [0.29, 0.717) is 17.3 Å². The van der Waals surface area contributed by atoms with Gasteiger partial charge in [-0.1, -0.05) is 32.0 Å². The van der Waals surface area contributed by atoms with Crippen LogP contribution in [0.5, 0.6) is 0 Å². The minimum atomic E-state index is 0.357. The molecule has 2 aromatic rings. The third kappa shape index (κ3) is 3.29. The predicted molar refractivity (Wildman–Crippen MR) is 96.3 cm³/mol. The lowest BCUT2D eigenvalue weighted by Crippen LogP contribution is -2.35. The van der Waals surface area contributed by atoms with Crippen LogP contribution in [0.4, 0.5) is 0 Å². The first kappa shape index (κ1) is 15.3. The van der Waals surface area contributed by atoms with E-state index in [0.717, 1.165) is 13.1 Å². The minimum absolute atomic E-state index is 0.357. The van der Waals surface area contributed by atoms with Gasteiger partial charge in [0.2, 0.25) is 0 Å². The molecule has 1 saturated heterocycles. The number of thioether (sulfide) groups is 1. The first-order valence-electron chi connectivity index (χ1n) is 7.65. The Balaban J connectivity index is 1.88. The molecule has 0 radical (unpaired) electrons. The van der Waals surface area contributed by atoms with Crippen molar-refractivity contribution >= 4 is 33.2 Å². The van der Waals surface area contributed by atoms with Crippen molar-refractivity contribution in [2.75, 3.05) is 25.4 Å². The van der Waals surface area contributed by atoms with E-state index in [1.54, 1.807) is 0 Å². The van der Waals surface area contributed by atoms with Crippen LogP contribution in [-0.2, 0) is 0 Å². The van der Waals surface area contributed by atoms with E-state index in [4.69, 9.17) is 5.73 Å². The lowest BCUT2D eigenvalue weighted by atomic mass is 10.0. The van der Waals surface area contributed by atoms with Crippen molar-refractivity contribution in [3.8, 4) is 0 Å². The Morgan fingerprint density at radius 1 is 1.29 bits per heavy atom. The fourth-order valence-electron chi connectivity index (χ4n) is 3.08. The molecule has 0 bridgehead atoms. The van der Waals surface area contributed by atoms with Gasteiger partial charge in [-0.3, -0.25) is 4.90 Å². The lowest BCUT2D eigenvalue weighted by Gasteiger charge is -2.30. The molecule has 1 aromatic heterocycles. The SMILES string of the molecule is CC1(C)CCN(C(CN)c2csc3ccccc23)CCS1. The van der Waals surface area contributed by atoms with Gasteiger partial charge < -0.3 is 5.73 Å². The van der Waals surface area contributed by atoms with Gasteiger partial charge in [-0.25, -0.2) is 0 Å². The smallest absolute Gasteiger partial charge is 0.0485 e. The van der Waals surface area contributed by atoms with Crippen LogP contribution in [0.3, 0.4) is 0 Å². The lowest BCUT2D eigenvalue weighted by molar-refractivity contribution is 0.212. The molecule has 1 unspecified atom stereocenters. The number of hydrogen-bond acceptors (Lipinski definition) is 4. The van der Waals surface area contributed by atoms with Gasteiger partial charge in [0.25, 0.3) is 0 Å². The molecular weight excluding hydrogens is 296 g/mol. The molecule has 3 rings (SSSR count). The predicted octanol–water partition coefficient (Wildman–Crippen LogP) is 4.12. The normalized spacial score (nSPS) is 21.3. The average Bonchev–Trinajstić information content (AvgIpc) is 2.80. The van der Waals surface area contributed by atoms with Crippen molar-refractivity contribution in [1.82, 2.24) is 4.90 Å². The molecule has 2 nitrogen and oxygen atoms in total. The van der Waals surface area contributed by atoms with E-state index >= 15 is 0 Å². The van der Waals surface area contributed by atoms with Gasteiger partial charge in [-0.15, -0.1) is 11.3 Å². The van der Waals surface area contributed by atoms with Crippen LogP contribution in [0.2, 0.25) is 0 Å². The Morgan fingerprint density at radius 2 is 2.10 bits per heavy atom. The van der Waals surface area contributed by atoms with Gasteiger partial charge in [-0.05, 0) is 28.8 Å². The van der Waals surface area contributed by atoms with E-state index in [-0.39, 0.29) is 0 Å². The van der Waals surface area contributed by atoms with Crippen LogP contribution in [0.25, 0.3) is 10.1 Å². The molecule has 0 spiro atoms. The Labute approximate surface area is 135 Å². The molecule has 2 heterocycles. The fourth-order valence-corrected chi connectivity index (χ4v) is 5.20. The van der Waals surface area contributed by atoms with Crippen LogP contribution >= 0.6 is 23.1 Å². The van der Waals surface area contributed by atoms with Gasteiger partial charge in [0, 0.05) is 40.9 Å². The largest absolute Gasteiger partial charge is 0.329 e. The van der Waals surface area contributed by atoms with Crippen LogP contribution in [-0.4, -0.2) is 35.0 Å². The van der Waals surface area contributed by atoms with Gasteiger partial charge in [0.1, 0.15) is 0 Å². The number of nitrogens with two attached hydrogens (primary N) is 1. The molecule has 0 saturated carbocycles. The van der Waals surface area contributed by atoms with E-state index in [1.807, 2.05) is 11.3 Å². The topological polar surface area (TPSA) is 29.3 Å². The summed E-state index contributed by atoms with van der Waals surface area (Å²) in [5.41, 5.74) is 7.58. The number of benzene rings is 1. The van der Waals surface area contributed by atoms with E-state index in [1.165, 1.54) is 27.8 Å². The van der Waals surface area contributed by atoms with Crippen LogP contribution < -0.4 is 5.73 Å². The summed E-state index contributed by atoms with van der Waals surface area (Å²) in [7, 11) is 0. The summed E-state index contributed by atoms with van der Waals surface area (Å²) >= 11 is 3.93. The van der Waals surface area contributed by atoms with E-state index in [9.17, 15) is 0 Å². The second-order valence-electron chi connectivity index (χ2n) is 6.33. The van der Waals surface area contributed by atoms with Gasteiger partial charge in [0.15, 0.2) is 0 Å². The van der Waals surface area contributed by atoms with Crippen molar-refractivity contribution in [2.24, 2.45) is 5.73 Å². The standard InChI is InChI=1S/C17H24N2S2/c1-17(2)7-8-19(9-10-21-17)15(11-18)14-12-20-16-6-4-3-5-13(14)16/h3-6,12,15H,7-11,18H2,1-2H3. The summed E-state index contributed by atoms with van der Waals surface area (Å²) in [5, 5.41) is 3.69. The average molecular weight is 321 g/mol. The van der Waals surface area contributed by atoms with Gasteiger partial charge >= 0.3 is 0 Å². The molecule has 1 aliphatic rings. The van der Waals surface area contributed by atoms with Gasteiger partial charge in [-0.2, -0.15) is 11.8 Å². The highest BCUT2D eigenvalue weighted by molar-refractivity contribution is 8.00. The van der Waals surface area contributed by atoms with Gasteiger partial charge in [0.05, 0.1) is 0 Å². The highest BCUT2D eigenvalue weighted by atomic mass is 32.2. The quantitative estimate of drug-likeness (QED) is 0.922. The number of rotatable bonds is 3. The van der Waals surface area contributed by atoms with Crippen molar-refractivity contribution in [2.45, 2.75) is 31.1 Å².